The molecular formula is C14H19NO3. The Hall–Kier alpha value is -1.39. The van der Waals surface area contributed by atoms with Crippen LogP contribution in [0.5, 0.6) is 5.75 Å². The number of Topliss-reactive ketones (excluding diaryl/α,β-unsaturated/α-hetero) is 1. The summed E-state index contributed by atoms with van der Waals surface area (Å²) < 4.78 is 10.5. The highest BCUT2D eigenvalue weighted by atomic mass is 16.5. The van der Waals surface area contributed by atoms with Gasteiger partial charge in [-0.05, 0) is 31.0 Å². The average molecular weight is 249 g/mol. The topological polar surface area (TPSA) is 61.5 Å². The Morgan fingerprint density at radius 3 is 2.56 bits per heavy atom. The van der Waals surface area contributed by atoms with Gasteiger partial charge in [0.2, 0.25) is 0 Å². The van der Waals surface area contributed by atoms with Crippen LogP contribution in [-0.4, -0.2) is 32.7 Å². The van der Waals surface area contributed by atoms with Crippen LogP contribution in [0.3, 0.4) is 0 Å². The van der Waals surface area contributed by atoms with Gasteiger partial charge in [-0.2, -0.15) is 0 Å². The molecule has 4 nitrogen and oxygen atoms in total. The van der Waals surface area contributed by atoms with Crippen LogP contribution in [0.1, 0.15) is 21.5 Å². The van der Waals surface area contributed by atoms with Crippen LogP contribution in [0.15, 0.2) is 12.1 Å². The molecule has 0 aliphatic carbocycles. The molecule has 98 valence electrons. The van der Waals surface area contributed by atoms with Crippen LogP contribution >= 0.6 is 0 Å². The number of methoxy groups -OCH3 is 1. The van der Waals surface area contributed by atoms with Gasteiger partial charge in [0, 0.05) is 6.54 Å². The molecule has 0 amide bonds. The molecule has 0 saturated carbocycles. The average Bonchev–Trinajstić information content (AvgIpc) is 2.27. The quantitative estimate of drug-likeness (QED) is 0.821. The summed E-state index contributed by atoms with van der Waals surface area (Å²) in [7, 11) is 1.58. The van der Waals surface area contributed by atoms with Gasteiger partial charge in [-0.25, -0.2) is 0 Å². The van der Waals surface area contributed by atoms with E-state index in [1.165, 1.54) is 0 Å². The van der Waals surface area contributed by atoms with Crippen LogP contribution in [0.25, 0.3) is 0 Å². The number of aryl methyl sites for hydroxylation is 2. The molecule has 4 heteroatoms. The summed E-state index contributed by atoms with van der Waals surface area (Å²) in [5.74, 6) is 0.672. The van der Waals surface area contributed by atoms with Crippen molar-refractivity contribution < 1.29 is 14.3 Å². The summed E-state index contributed by atoms with van der Waals surface area (Å²) in [4.78, 5) is 12.6. The molecule has 0 bridgehead atoms. The van der Waals surface area contributed by atoms with E-state index in [0.717, 1.165) is 11.1 Å². The van der Waals surface area contributed by atoms with Crippen LogP contribution in [-0.2, 0) is 4.74 Å². The van der Waals surface area contributed by atoms with Crippen molar-refractivity contribution in [2.75, 3.05) is 26.9 Å². The van der Waals surface area contributed by atoms with Crippen molar-refractivity contribution >= 4 is 5.78 Å². The molecule has 0 radical (unpaired) electrons. The molecule has 0 unspecified atom stereocenters. The van der Waals surface area contributed by atoms with Crippen molar-refractivity contribution in [3.05, 3.63) is 28.8 Å². The highest BCUT2D eigenvalue weighted by Gasteiger charge is 2.45. The third-order valence-electron chi connectivity index (χ3n) is 3.50. The Balaban J connectivity index is 2.47. The molecule has 1 aromatic carbocycles. The number of hydrogen-bond acceptors (Lipinski definition) is 4. The van der Waals surface area contributed by atoms with Crippen LogP contribution in [0.2, 0.25) is 0 Å². The van der Waals surface area contributed by atoms with Gasteiger partial charge in [-0.1, -0.05) is 6.07 Å². The van der Waals surface area contributed by atoms with Gasteiger partial charge in [0.1, 0.15) is 5.75 Å². The maximum atomic E-state index is 12.6. The van der Waals surface area contributed by atoms with Crippen molar-refractivity contribution in [3.8, 4) is 5.75 Å². The minimum Gasteiger partial charge on any atom is -0.496 e. The summed E-state index contributed by atoms with van der Waals surface area (Å²) >= 11 is 0. The second kappa shape index (κ2) is 4.71. The molecule has 1 aromatic rings. The maximum Gasteiger partial charge on any atom is 0.178 e. The largest absolute Gasteiger partial charge is 0.496 e. The van der Waals surface area contributed by atoms with E-state index in [1.807, 2.05) is 26.0 Å². The fraction of sp³-hybridized carbons (Fsp3) is 0.500. The zero-order valence-corrected chi connectivity index (χ0v) is 11.1. The number of carbonyl (C=O) groups is 1. The predicted octanol–water partition coefficient (Wildman–Crippen LogP) is 1.47. The fourth-order valence-electron chi connectivity index (χ4n) is 2.37. The number of ether oxygens (including phenoxy) is 2. The van der Waals surface area contributed by atoms with E-state index in [4.69, 9.17) is 15.2 Å². The second-order valence-corrected chi connectivity index (χ2v) is 4.97. The second-order valence-electron chi connectivity index (χ2n) is 4.97. The zero-order chi connectivity index (χ0) is 13.3. The normalized spacial score (nSPS) is 17.1. The number of hydrogen-bond donors (Lipinski definition) is 1. The van der Waals surface area contributed by atoms with Crippen LogP contribution in [0, 0.1) is 19.3 Å². The maximum absolute atomic E-state index is 12.6. The van der Waals surface area contributed by atoms with Crippen molar-refractivity contribution in [3.63, 3.8) is 0 Å². The summed E-state index contributed by atoms with van der Waals surface area (Å²) in [6.07, 6.45) is 0. The lowest BCUT2D eigenvalue weighted by molar-refractivity contribution is -0.0816. The lowest BCUT2D eigenvalue weighted by atomic mass is 9.78. The van der Waals surface area contributed by atoms with E-state index in [9.17, 15) is 4.79 Å². The SMILES string of the molecule is COc1c(C)cc(C)cc1C(=O)C1(CN)COC1. The monoisotopic (exact) mass is 249 g/mol. The first-order chi connectivity index (χ1) is 8.54. The van der Waals surface area contributed by atoms with Gasteiger partial charge in [-0.15, -0.1) is 0 Å². The predicted molar refractivity (Wildman–Crippen MR) is 69.1 cm³/mol. The lowest BCUT2D eigenvalue weighted by Gasteiger charge is -2.39. The number of carbonyl (C=O) groups excluding carboxylic acids is 1. The number of rotatable bonds is 4. The minimum atomic E-state index is -0.562. The smallest absolute Gasteiger partial charge is 0.178 e. The Morgan fingerprint density at radius 1 is 1.44 bits per heavy atom. The molecule has 2 N–H and O–H groups in total. The Labute approximate surface area is 107 Å². The van der Waals surface area contributed by atoms with Gasteiger partial charge >= 0.3 is 0 Å². The van der Waals surface area contributed by atoms with E-state index < -0.39 is 5.41 Å². The Morgan fingerprint density at radius 2 is 2.11 bits per heavy atom. The molecule has 1 heterocycles. The van der Waals surface area contributed by atoms with Crippen molar-refractivity contribution in [1.82, 2.24) is 0 Å². The van der Waals surface area contributed by atoms with Crippen molar-refractivity contribution in [1.29, 1.82) is 0 Å². The first-order valence-corrected chi connectivity index (χ1v) is 6.02. The number of ketones is 1. The molecule has 0 atom stereocenters. The van der Waals surface area contributed by atoms with Gasteiger partial charge in [-0.3, -0.25) is 4.79 Å². The summed E-state index contributed by atoms with van der Waals surface area (Å²) in [6, 6.07) is 3.87. The summed E-state index contributed by atoms with van der Waals surface area (Å²) in [5, 5.41) is 0. The van der Waals surface area contributed by atoms with E-state index in [2.05, 4.69) is 0 Å². The molecule has 1 fully saturated rings. The molecule has 1 aliphatic heterocycles. The third kappa shape index (κ3) is 1.91. The molecule has 1 saturated heterocycles. The molecule has 0 spiro atoms. The highest BCUT2D eigenvalue weighted by molar-refractivity contribution is 6.04. The minimum absolute atomic E-state index is 0.0277. The van der Waals surface area contributed by atoms with Crippen molar-refractivity contribution in [2.45, 2.75) is 13.8 Å². The Kier molecular flexibility index (Phi) is 3.41. The molecule has 2 rings (SSSR count). The molecule has 1 aliphatic rings. The highest BCUT2D eigenvalue weighted by Crippen LogP contribution is 2.35. The molecular weight excluding hydrogens is 230 g/mol. The van der Waals surface area contributed by atoms with E-state index in [0.29, 0.717) is 31.1 Å². The molecule has 18 heavy (non-hydrogen) atoms. The third-order valence-corrected chi connectivity index (χ3v) is 3.50. The zero-order valence-electron chi connectivity index (χ0n) is 11.1. The first-order valence-electron chi connectivity index (χ1n) is 6.02. The van der Waals surface area contributed by atoms with E-state index >= 15 is 0 Å². The summed E-state index contributed by atoms with van der Waals surface area (Å²) in [5.41, 5.74) is 7.80. The Bertz CT molecular complexity index is 473. The fourth-order valence-corrected chi connectivity index (χ4v) is 2.37. The lowest BCUT2D eigenvalue weighted by Crippen LogP contribution is -2.54. The number of nitrogens with two attached hydrogens (primary N) is 1. The van der Waals surface area contributed by atoms with Crippen LogP contribution < -0.4 is 10.5 Å². The van der Waals surface area contributed by atoms with Gasteiger partial charge in [0.25, 0.3) is 0 Å². The number of benzene rings is 1. The molecule has 0 aromatic heterocycles. The van der Waals surface area contributed by atoms with Gasteiger partial charge in [0.15, 0.2) is 5.78 Å². The van der Waals surface area contributed by atoms with E-state index in [-0.39, 0.29) is 5.78 Å². The summed E-state index contributed by atoms with van der Waals surface area (Å²) in [6.45, 7) is 5.02. The van der Waals surface area contributed by atoms with Crippen LogP contribution in [0.4, 0.5) is 0 Å². The van der Waals surface area contributed by atoms with Crippen molar-refractivity contribution in [2.24, 2.45) is 11.1 Å². The van der Waals surface area contributed by atoms with Gasteiger partial charge < -0.3 is 15.2 Å². The van der Waals surface area contributed by atoms with Gasteiger partial charge in [0.05, 0.1) is 31.3 Å². The van der Waals surface area contributed by atoms with E-state index in [1.54, 1.807) is 7.11 Å². The standard InChI is InChI=1S/C14H19NO3/c1-9-4-10(2)12(17-3)11(5-9)13(16)14(6-15)7-18-8-14/h4-5H,6-8,15H2,1-3H3. The first kappa shape index (κ1) is 13.1.